The van der Waals surface area contributed by atoms with Crippen LogP contribution in [0.2, 0.25) is 0 Å². The van der Waals surface area contributed by atoms with Crippen molar-refractivity contribution in [3.8, 4) is 11.8 Å². The first kappa shape index (κ1) is 17.5. The zero-order valence-electron chi connectivity index (χ0n) is 12.6. The maximum atomic E-state index is 12.0. The van der Waals surface area contributed by atoms with Gasteiger partial charge in [0, 0.05) is 18.5 Å². The Morgan fingerprint density at radius 1 is 1.33 bits per heavy atom. The van der Waals surface area contributed by atoms with Gasteiger partial charge in [-0.25, -0.2) is 0 Å². The van der Waals surface area contributed by atoms with Crippen molar-refractivity contribution in [1.29, 1.82) is 0 Å². The van der Waals surface area contributed by atoms with Crippen LogP contribution in [0.25, 0.3) is 0 Å². The zero-order valence-corrected chi connectivity index (χ0v) is 13.4. The summed E-state index contributed by atoms with van der Waals surface area (Å²) in [5.41, 5.74) is 2.02. The van der Waals surface area contributed by atoms with E-state index in [1.165, 1.54) is 0 Å². The molecule has 0 spiro atoms. The molecular formula is C15H22N2O3S. The minimum absolute atomic E-state index is 0.0180. The molecule has 0 aliphatic heterocycles. The van der Waals surface area contributed by atoms with Crippen molar-refractivity contribution >= 4 is 15.9 Å². The van der Waals surface area contributed by atoms with Gasteiger partial charge in [-0.05, 0) is 30.5 Å². The quantitative estimate of drug-likeness (QED) is 0.699. The van der Waals surface area contributed by atoms with E-state index in [4.69, 9.17) is 5.11 Å². The Hall–Kier alpha value is -1.55. The van der Waals surface area contributed by atoms with Gasteiger partial charge in [0.05, 0.1) is 12.3 Å². The molecule has 0 unspecified atom stereocenters. The first-order chi connectivity index (χ1) is 9.84. The van der Waals surface area contributed by atoms with E-state index < -0.39 is 10.2 Å². The molecular weight excluding hydrogens is 288 g/mol. The summed E-state index contributed by atoms with van der Waals surface area (Å²) in [5, 5.41) is 8.75. The van der Waals surface area contributed by atoms with E-state index in [0.29, 0.717) is 24.2 Å². The number of aliphatic hydroxyl groups is 1. The fraction of sp³-hybridized carbons (Fsp3) is 0.467. The lowest BCUT2D eigenvalue weighted by molar-refractivity contribution is 0.305. The predicted octanol–water partition coefficient (Wildman–Crippen LogP) is 1.63. The molecule has 0 aromatic heterocycles. The highest BCUT2D eigenvalue weighted by molar-refractivity contribution is 7.90. The van der Waals surface area contributed by atoms with Crippen molar-refractivity contribution in [3.05, 3.63) is 29.3 Å². The molecule has 0 atom stereocenters. The molecule has 0 heterocycles. The normalized spacial score (nSPS) is 11.1. The zero-order chi connectivity index (χ0) is 15.9. The van der Waals surface area contributed by atoms with Crippen LogP contribution in [0.15, 0.2) is 18.2 Å². The number of hydrogen-bond acceptors (Lipinski definition) is 3. The van der Waals surface area contributed by atoms with Crippen LogP contribution in [-0.4, -0.2) is 26.7 Å². The number of nitrogens with one attached hydrogen (secondary N) is 2. The summed E-state index contributed by atoms with van der Waals surface area (Å²) in [6.45, 7) is 6.12. The van der Waals surface area contributed by atoms with Gasteiger partial charge in [-0.1, -0.05) is 31.8 Å². The Balaban J connectivity index is 2.95. The van der Waals surface area contributed by atoms with E-state index in [1.807, 2.05) is 32.9 Å². The first-order valence-electron chi connectivity index (χ1n) is 6.82. The Labute approximate surface area is 127 Å². The molecule has 1 aromatic carbocycles. The molecule has 6 heteroatoms. The summed E-state index contributed by atoms with van der Waals surface area (Å²) in [6, 6.07) is 5.31. The van der Waals surface area contributed by atoms with Crippen LogP contribution in [0.4, 0.5) is 5.69 Å². The summed E-state index contributed by atoms with van der Waals surface area (Å²) in [5.74, 6) is 5.90. The average Bonchev–Trinajstić information content (AvgIpc) is 2.40. The predicted molar refractivity (Wildman–Crippen MR) is 85.1 cm³/mol. The standard InChI is InChI=1S/C15H22N2O3S/c1-12(2)11-16-21(19,20)17-15-8-7-13(3)10-14(15)6-4-5-9-18/h7-8,10,12,16-18H,5,9,11H2,1-3H3. The average molecular weight is 310 g/mol. The molecule has 116 valence electrons. The Morgan fingerprint density at radius 3 is 2.67 bits per heavy atom. The molecule has 0 radical (unpaired) electrons. The SMILES string of the molecule is Cc1ccc(NS(=O)(=O)NCC(C)C)c(C#CCCO)c1. The lowest BCUT2D eigenvalue weighted by Gasteiger charge is -2.12. The Bertz CT molecular complexity index is 628. The third-order valence-corrected chi connectivity index (χ3v) is 3.60. The van der Waals surface area contributed by atoms with Crippen molar-refractivity contribution in [2.75, 3.05) is 17.9 Å². The van der Waals surface area contributed by atoms with Crippen LogP contribution in [-0.2, 0) is 10.2 Å². The summed E-state index contributed by atoms with van der Waals surface area (Å²) < 4.78 is 28.9. The van der Waals surface area contributed by atoms with Crippen molar-refractivity contribution in [2.24, 2.45) is 5.92 Å². The number of rotatable bonds is 6. The third-order valence-electron chi connectivity index (χ3n) is 2.56. The van der Waals surface area contributed by atoms with Crippen molar-refractivity contribution in [2.45, 2.75) is 27.2 Å². The number of benzene rings is 1. The summed E-state index contributed by atoms with van der Waals surface area (Å²) in [7, 11) is -3.61. The molecule has 5 nitrogen and oxygen atoms in total. The van der Waals surface area contributed by atoms with E-state index in [0.717, 1.165) is 5.56 Å². The lowest BCUT2D eigenvalue weighted by Crippen LogP contribution is -2.33. The fourth-order valence-electron chi connectivity index (χ4n) is 1.52. The first-order valence-corrected chi connectivity index (χ1v) is 8.30. The van der Waals surface area contributed by atoms with Crippen molar-refractivity contribution < 1.29 is 13.5 Å². The second-order valence-electron chi connectivity index (χ2n) is 5.17. The van der Waals surface area contributed by atoms with Crippen LogP contribution in [0.3, 0.4) is 0 Å². The number of anilines is 1. The largest absolute Gasteiger partial charge is 0.395 e. The van der Waals surface area contributed by atoms with Gasteiger partial charge in [0.25, 0.3) is 10.2 Å². The van der Waals surface area contributed by atoms with Gasteiger partial charge < -0.3 is 5.11 Å². The van der Waals surface area contributed by atoms with Gasteiger partial charge in [-0.15, -0.1) is 0 Å². The minimum Gasteiger partial charge on any atom is -0.395 e. The van der Waals surface area contributed by atoms with Crippen LogP contribution >= 0.6 is 0 Å². The monoisotopic (exact) mass is 310 g/mol. The van der Waals surface area contributed by atoms with Crippen LogP contribution in [0.1, 0.15) is 31.4 Å². The Kier molecular flexibility index (Phi) is 6.69. The number of aryl methyl sites for hydroxylation is 1. The van der Waals surface area contributed by atoms with E-state index in [9.17, 15) is 8.42 Å². The molecule has 0 aliphatic rings. The van der Waals surface area contributed by atoms with Gasteiger partial charge in [0.2, 0.25) is 0 Å². The molecule has 21 heavy (non-hydrogen) atoms. The van der Waals surface area contributed by atoms with Crippen molar-refractivity contribution in [1.82, 2.24) is 4.72 Å². The molecule has 0 amide bonds. The summed E-state index contributed by atoms with van der Waals surface area (Å²) >= 11 is 0. The van der Waals surface area contributed by atoms with E-state index in [-0.39, 0.29) is 12.5 Å². The van der Waals surface area contributed by atoms with Gasteiger partial charge in [-0.3, -0.25) is 4.72 Å². The molecule has 0 saturated heterocycles. The second-order valence-corrected chi connectivity index (χ2v) is 6.67. The van der Waals surface area contributed by atoms with Crippen LogP contribution in [0.5, 0.6) is 0 Å². The summed E-state index contributed by atoms with van der Waals surface area (Å²) in [6.07, 6.45) is 0.353. The van der Waals surface area contributed by atoms with Crippen molar-refractivity contribution in [3.63, 3.8) is 0 Å². The molecule has 0 saturated carbocycles. The molecule has 0 aliphatic carbocycles. The highest BCUT2D eigenvalue weighted by Crippen LogP contribution is 2.17. The van der Waals surface area contributed by atoms with Crippen LogP contribution < -0.4 is 9.44 Å². The maximum Gasteiger partial charge on any atom is 0.299 e. The number of aliphatic hydroxyl groups excluding tert-OH is 1. The van der Waals surface area contributed by atoms with E-state index >= 15 is 0 Å². The minimum atomic E-state index is -3.61. The molecule has 0 fully saturated rings. The topological polar surface area (TPSA) is 78.4 Å². The molecule has 3 N–H and O–H groups in total. The smallest absolute Gasteiger partial charge is 0.299 e. The number of hydrogen-bond donors (Lipinski definition) is 3. The fourth-order valence-corrected chi connectivity index (χ4v) is 2.61. The highest BCUT2D eigenvalue weighted by Gasteiger charge is 2.12. The third kappa shape index (κ3) is 6.63. The second kappa shape index (κ2) is 8.03. The highest BCUT2D eigenvalue weighted by atomic mass is 32.2. The summed E-state index contributed by atoms with van der Waals surface area (Å²) in [4.78, 5) is 0. The van der Waals surface area contributed by atoms with E-state index in [2.05, 4.69) is 21.3 Å². The molecule has 1 rings (SSSR count). The van der Waals surface area contributed by atoms with Gasteiger partial charge in [0.1, 0.15) is 0 Å². The van der Waals surface area contributed by atoms with Gasteiger partial charge in [0.15, 0.2) is 0 Å². The Morgan fingerprint density at radius 2 is 2.05 bits per heavy atom. The van der Waals surface area contributed by atoms with E-state index in [1.54, 1.807) is 6.07 Å². The van der Waals surface area contributed by atoms with Gasteiger partial charge >= 0.3 is 0 Å². The maximum absolute atomic E-state index is 12.0. The van der Waals surface area contributed by atoms with Gasteiger partial charge in [-0.2, -0.15) is 13.1 Å². The lowest BCUT2D eigenvalue weighted by atomic mass is 10.1. The molecule has 1 aromatic rings. The molecule has 0 bridgehead atoms. The van der Waals surface area contributed by atoms with Crippen LogP contribution in [0, 0.1) is 24.7 Å².